The average Bonchev–Trinajstić information content (AvgIpc) is 3.58. The van der Waals surface area contributed by atoms with Crippen molar-refractivity contribution in [1.82, 2.24) is 0 Å². The Morgan fingerprint density at radius 1 is 0.267 bits per heavy atom. The number of anilines is 3. The van der Waals surface area contributed by atoms with Crippen LogP contribution in [0.4, 0.5) is 17.1 Å². The van der Waals surface area contributed by atoms with Crippen molar-refractivity contribution in [2.45, 2.75) is 5.41 Å². The summed E-state index contributed by atoms with van der Waals surface area (Å²) in [5.74, 6) is 0. The molecule has 0 saturated carbocycles. The molecular weight excluding hydrogens is 723 g/mol. The third-order valence-electron chi connectivity index (χ3n) is 12.9. The molecule has 0 saturated heterocycles. The number of fused-ring (bicyclic) bond motifs is 14. The van der Waals surface area contributed by atoms with Crippen LogP contribution in [-0.4, -0.2) is 0 Å². The third kappa shape index (κ3) is 5.13. The van der Waals surface area contributed by atoms with Crippen molar-refractivity contribution in [3.63, 3.8) is 0 Å². The normalized spacial score (nSPS) is 14.4. The Kier molecular flexibility index (Phi) is 7.83. The van der Waals surface area contributed by atoms with E-state index in [9.17, 15) is 0 Å². The van der Waals surface area contributed by atoms with E-state index in [2.05, 4.69) is 241 Å². The summed E-state index contributed by atoms with van der Waals surface area (Å²) in [6, 6.07) is 87.5. The lowest BCUT2D eigenvalue weighted by Gasteiger charge is -2.36. The van der Waals surface area contributed by atoms with Gasteiger partial charge in [-0.25, -0.2) is 0 Å². The van der Waals surface area contributed by atoms with Crippen molar-refractivity contribution in [3.05, 3.63) is 259 Å². The van der Waals surface area contributed by atoms with Gasteiger partial charge in [-0.2, -0.15) is 0 Å². The lowest BCUT2D eigenvalue weighted by Crippen LogP contribution is -2.29. The summed E-state index contributed by atoms with van der Waals surface area (Å²) < 4.78 is 0. The lowest BCUT2D eigenvalue weighted by atomic mass is 9.65. The van der Waals surface area contributed by atoms with Crippen LogP contribution in [0.15, 0.2) is 237 Å². The topological polar surface area (TPSA) is 3.24 Å². The first-order valence-corrected chi connectivity index (χ1v) is 20.8. The van der Waals surface area contributed by atoms with Crippen molar-refractivity contribution < 1.29 is 0 Å². The van der Waals surface area contributed by atoms with Crippen LogP contribution in [0.5, 0.6) is 0 Å². The molecule has 0 aliphatic heterocycles. The quantitative estimate of drug-likeness (QED) is 0.169. The van der Waals surface area contributed by atoms with E-state index in [0.717, 1.165) is 17.1 Å². The predicted molar refractivity (Wildman–Crippen MR) is 251 cm³/mol. The molecule has 0 fully saturated rings. The van der Waals surface area contributed by atoms with Gasteiger partial charge in [-0.1, -0.05) is 200 Å². The van der Waals surface area contributed by atoms with E-state index in [1.54, 1.807) is 0 Å². The zero-order chi connectivity index (χ0) is 39.6. The number of hydrogen-bond acceptors (Lipinski definition) is 1. The van der Waals surface area contributed by atoms with Crippen LogP contribution in [0.2, 0.25) is 0 Å². The minimum atomic E-state index is -0.557. The van der Waals surface area contributed by atoms with E-state index in [1.807, 2.05) is 0 Å². The van der Waals surface area contributed by atoms with Gasteiger partial charge in [0.15, 0.2) is 0 Å². The summed E-state index contributed by atoms with van der Waals surface area (Å²) in [5.41, 5.74) is 20.5. The minimum Gasteiger partial charge on any atom is -0.310 e. The maximum atomic E-state index is 2.46. The van der Waals surface area contributed by atoms with Crippen LogP contribution < -0.4 is 4.90 Å². The standard InChI is InChI=1S/C59H39N/c1-3-15-40(16-4-1)42-27-32-45(33-28-42)60(46-34-29-43(30-35-46)41-17-5-2-6-18-41)47-36-38-56-53(39-47)50-22-10-9-21-49(50)51-23-11-13-25-54(51)59(56)55-26-14-12-24-52(55)58-48-20-8-7-19-44(48)31-37-57(58)59/h1-39H. The fourth-order valence-corrected chi connectivity index (χ4v) is 10.3. The van der Waals surface area contributed by atoms with E-state index < -0.39 is 5.41 Å². The summed E-state index contributed by atoms with van der Waals surface area (Å²) in [6.07, 6.45) is 0. The molecule has 1 spiro atoms. The lowest BCUT2D eigenvalue weighted by molar-refractivity contribution is 0.776. The van der Waals surface area contributed by atoms with Crippen LogP contribution in [0.25, 0.3) is 66.4 Å². The second-order valence-electron chi connectivity index (χ2n) is 16.0. The number of nitrogens with zero attached hydrogens (tertiary/aromatic N) is 1. The van der Waals surface area contributed by atoms with E-state index in [4.69, 9.17) is 0 Å². The van der Waals surface area contributed by atoms with Gasteiger partial charge in [0.1, 0.15) is 0 Å². The molecule has 0 radical (unpaired) electrons. The molecule has 60 heavy (non-hydrogen) atoms. The van der Waals surface area contributed by atoms with Crippen molar-refractivity contribution in [2.75, 3.05) is 4.90 Å². The summed E-state index contributed by atoms with van der Waals surface area (Å²) in [7, 11) is 0. The third-order valence-corrected chi connectivity index (χ3v) is 12.9. The van der Waals surface area contributed by atoms with Crippen LogP contribution in [0.1, 0.15) is 22.3 Å². The van der Waals surface area contributed by atoms with Crippen LogP contribution >= 0.6 is 0 Å². The van der Waals surface area contributed by atoms with Crippen LogP contribution in [-0.2, 0) is 5.41 Å². The first kappa shape index (κ1) is 34.3. The molecule has 1 unspecified atom stereocenters. The van der Waals surface area contributed by atoms with Crippen molar-refractivity contribution in [2.24, 2.45) is 0 Å². The predicted octanol–water partition coefficient (Wildman–Crippen LogP) is 15.7. The molecule has 1 heteroatoms. The molecule has 2 aliphatic rings. The molecule has 10 aromatic carbocycles. The number of hydrogen-bond donors (Lipinski definition) is 0. The molecule has 0 N–H and O–H groups in total. The second-order valence-corrected chi connectivity index (χ2v) is 16.0. The van der Waals surface area contributed by atoms with E-state index >= 15 is 0 Å². The largest absolute Gasteiger partial charge is 0.310 e. The summed E-state index contributed by atoms with van der Waals surface area (Å²) in [6.45, 7) is 0. The first-order chi connectivity index (χ1) is 29.8. The van der Waals surface area contributed by atoms with E-state index in [1.165, 1.54) is 88.7 Å². The highest BCUT2D eigenvalue weighted by molar-refractivity contribution is 6.06. The van der Waals surface area contributed by atoms with Crippen LogP contribution in [0, 0.1) is 0 Å². The molecule has 0 heterocycles. The molecule has 0 aromatic heterocycles. The zero-order valence-electron chi connectivity index (χ0n) is 33.0. The highest BCUT2D eigenvalue weighted by atomic mass is 15.1. The molecule has 280 valence electrons. The number of rotatable bonds is 5. The Balaban J connectivity index is 1.13. The van der Waals surface area contributed by atoms with Crippen molar-refractivity contribution in [3.8, 4) is 55.6 Å². The monoisotopic (exact) mass is 761 g/mol. The molecule has 0 amide bonds. The highest BCUT2D eigenvalue weighted by Gasteiger charge is 2.50. The first-order valence-electron chi connectivity index (χ1n) is 20.8. The Labute approximate surface area is 351 Å². The minimum absolute atomic E-state index is 0.557. The van der Waals surface area contributed by atoms with Crippen molar-refractivity contribution in [1.29, 1.82) is 0 Å². The molecule has 12 rings (SSSR count). The molecule has 2 aliphatic carbocycles. The van der Waals surface area contributed by atoms with Gasteiger partial charge >= 0.3 is 0 Å². The maximum absolute atomic E-state index is 2.46. The van der Waals surface area contributed by atoms with Gasteiger partial charge in [0.25, 0.3) is 0 Å². The summed E-state index contributed by atoms with van der Waals surface area (Å²) in [5, 5.41) is 2.55. The van der Waals surface area contributed by atoms with Gasteiger partial charge in [-0.05, 0) is 125 Å². The Morgan fingerprint density at radius 2 is 0.700 bits per heavy atom. The highest BCUT2D eigenvalue weighted by Crippen LogP contribution is 2.63. The van der Waals surface area contributed by atoms with Gasteiger partial charge in [0, 0.05) is 17.1 Å². The fraction of sp³-hybridized carbons (Fsp3) is 0.0169. The van der Waals surface area contributed by atoms with Crippen molar-refractivity contribution >= 4 is 27.8 Å². The average molecular weight is 762 g/mol. The fourth-order valence-electron chi connectivity index (χ4n) is 10.3. The zero-order valence-corrected chi connectivity index (χ0v) is 33.0. The molecule has 10 aromatic rings. The van der Waals surface area contributed by atoms with Gasteiger partial charge in [0.2, 0.25) is 0 Å². The van der Waals surface area contributed by atoms with Crippen LogP contribution in [0.3, 0.4) is 0 Å². The molecular formula is C59H39N. The van der Waals surface area contributed by atoms with E-state index in [-0.39, 0.29) is 0 Å². The second kappa shape index (κ2) is 13.7. The summed E-state index contributed by atoms with van der Waals surface area (Å²) >= 11 is 0. The molecule has 1 atom stereocenters. The van der Waals surface area contributed by atoms with Gasteiger partial charge in [0.05, 0.1) is 5.41 Å². The Bertz CT molecular complexity index is 3150. The van der Waals surface area contributed by atoms with Gasteiger partial charge < -0.3 is 4.90 Å². The maximum Gasteiger partial charge on any atom is 0.0725 e. The van der Waals surface area contributed by atoms with Gasteiger partial charge in [-0.3, -0.25) is 0 Å². The Hall–Kier alpha value is -7.74. The molecule has 1 nitrogen and oxygen atoms in total. The molecule has 0 bridgehead atoms. The van der Waals surface area contributed by atoms with Gasteiger partial charge in [-0.15, -0.1) is 0 Å². The number of benzene rings is 10. The smallest absolute Gasteiger partial charge is 0.0725 e. The SMILES string of the molecule is c1ccc(-c2ccc(N(c3ccc(-c4ccccc4)cc3)c3ccc4c(c3)-c3ccccc3-c3ccccc3C43c4ccccc4-c4c3ccc3ccccc43)cc2)cc1. The van der Waals surface area contributed by atoms with E-state index in [0.29, 0.717) is 0 Å². The Morgan fingerprint density at radius 3 is 1.33 bits per heavy atom. The summed E-state index contributed by atoms with van der Waals surface area (Å²) in [4.78, 5) is 2.42.